The van der Waals surface area contributed by atoms with Crippen LogP contribution in [0.4, 0.5) is 0 Å². The molecule has 0 N–H and O–H groups in total. The predicted octanol–water partition coefficient (Wildman–Crippen LogP) is 3.48. The van der Waals surface area contributed by atoms with Crippen molar-refractivity contribution < 1.29 is 18.7 Å². The Kier molecular flexibility index (Phi) is 6.25. The average molecular weight is 433 g/mol. The van der Waals surface area contributed by atoms with E-state index in [1.807, 2.05) is 54.6 Å². The first-order valence-electron chi connectivity index (χ1n) is 10.1. The molecule has 0 bridgehead atoms. The first kappa shape index (κ1) is 21.2. The molecule has 32 heavy (non-hydrogen) atoms. The van der Waals surface area contributed by atoms with E-state index in [2.05, 4.69) is 20.5 Å². The molecule has 0 radical (unpaired) electrons. The number of nitrogens with zero attached hydrogens (tertiary/aromatic N) is 5. The van der Waals surface area contributed by atoms with Crippen LogP contribution in [0.25, 0.3) is 11.5 Å². The summed E-state index contributed by atoms with van der Waals surface area (Å²) in [4.78, 5) is 17.6. The lowest BCUT2D eigenvalue weighted by Crippen LogP contribution is -2.26. The molecule has 0 saturated heterocycles. The fourth-order valence-electron chi connectivity index (χ4n) is 3.32. The van der Waals surface area contributed by atoms with Gasteiger partial charge in [0.15, 0.2) is 6.04 Å². The van der Waals surface area contributed by atoms with Crippen LogP contribution < -0.4 is 4.74 Å². The molecule has 2 heterocycles. The van der Waals surface area contributed by atoms with Gasteiger partial charge in [-0.3, -0.25) is 0 Å². The van der Waals surface area contributed by atoms with Crippen molar-refractivity contribution in [3.63, 3.8) is 0 Å². The Labute approximate surface area is 185 Å². The number of carbonyl (C=O) groups excluding carboxylic acids is 1. The molecule has 0 spiro atoms. The summed E-state index contributed by atoms with van der Waals surface area (Å²) in [7, 11) is 1.60. The molecule has 9 nitrogen and oxygen atoms in total. The number of aromatic nitrogens is 5. The summed E-state index contributed by atoms with van der Waals surface area (Å²) in [6.45, 7) is 3.51. The Bertz CT molecular complexity index is 1200. The normalized spacial score (nSPS) is 11.8. The number of benzene rings is 2. The van der Waals surface area contributed by atoms with Gasteiger partial charge in [-0.2, -0.15) is 0 Å². The first-order valence-corrected chi connectivity index (χ1v) is 10.1. The minimum atomic E-state index is -0.738. The zero-order valence-corrected chi connectivity index (χ0v) is 18.1. The van der Waals surface area contributed by atoms with Gasteiger partial charge in [0, 0.05) is 12.0 Å². The van der Waals surface area contributed by atoms with Crippen LogP contribution >= 0.6 is 0 Å². The molecule has 9 heteroatoms. The highest BCUT2D eigenvalue weighted by atomic mass is 16.5. The first-order chi connectivity index (χ1) is 15.5. The average Bonchev–Trinajstić information content (AvgIpc) is 3.41. The maximum absolute atomic E-state index is 13.1. The van der Waals surface area contributed by atoms with E-state index in [0.29, 0.717) is 35.3 Å². The second-order valence-corrected chi connectivity index (χ2v) is 7.24. The van der Waals surface area contributed by atoms with Gasteiger partial charge >= 0.3 is 5.97 Å². The van der Waals surface area contributed by atoms with Crippen molar-refractivity contribution in [2.75, 3.05) is 7.11 Å². The van der Waals surface area contributed by atoms with E-state index in [-0.39, 0.29) is 6.61 Å². The number of carbonyl (C=O) groups is 1. The van der Waals surface area contributed by atoms with Gasteiger partial charge in [0.25, 0.3) is 0 Å². The number of oxazole rings is 1. The van der Waals surface area contributed by atoms with Crippen molar-refractivity contribution in [2.24, 2.45) is 0 Å². The van der Waals surface area contributed by atoms with Gasteiger partial charge in [-0.25, -0.2) is 14.5 Å². The predicted molar refractivity (Wildman–Crippen MR) is 115 cm³/mol. The third-order valence-electron chi connectivity index (χ3n) is 5.05. The Balaban J connectivity index is 1.52. The van der Waals surface area contributed by atoms with Crippen LogP contribution in [0.2, 0.25) is 0 Å². The van der Waals surface area contributed by atoms with Crippen molar-refractivity contribution in [1.29, 1.82) is 0 Å². The molecule has 4 rings (SSSR count). The minimum absolute atomic E-state index is 0.0171. The quantitative estimate of drug-likeness (QED) is 0.389. The number of hydrogen-bond donors (Lipinski definition) is 0. The molecular formula is C23H23N5O4. The van der Waals surface area contributed by atoms with Gasteiger partial charge in [-0.15, -0.1) is 5.10 Å². The molecule has 0 amide bonds. The Morgan fingerprint density at radius 2 is 1.94 bits per heavy atom. The van der Waals surface area contributed by atoms with Crippen LogP contribution in [0.3, 0.4) is 0 Å². The molecule has 0 aliphatic rings. The smallest absolute Gasteiger partial charge is 0.331 e. The summed E-state index contributed by atoms with van der Waals surface area (Å²) in [5.74, 6) is 1.83. The monoisotopic (exact) mass is 433 g/mol. The molecule has 2 aromatic heterocycles. The number of aryl methyl sites for hydroxylation is 2. The highest BCUT2D eigenvalue weighted by molar-refractivity contribution is 5.74. The van der Waals surface area contributed by atoms with Crippen LogP contribution in [0.15, 0.2) is 59.0 Å². The lowest BCUT2D eigenvalue weighted by atomic mass is 10.1. The van der Waals surface area contributed by atoms with Crippen LogP contribution in [0.5, 0.6) is 5.75 Å². The number of hydrogen-bond acceptors (Lipinski definition) is 8. The van der Waals surface area contributed by atoms with Crippen LogP contribution in [-0.4, -0.2) is 38.3 Å². The van der Waals surface area contributed by atoms with Gasteiger partial charge in [0.05, 0.1) is 7.11 Å². The molecular weight excluding hydrogens is 410 g/mol. The Morgan fingerprint density at radius 1 is 1.12 bits per heavy atom. The summed E-state index contributed by atoms with van der Waals surface area (Å²) in [6.07, 6.45) is 0.342. The van der Waals surface area contributed by atoms with Crippen LogP contribution in [0.1, 0.15) is 28.9 Å². The largest absolute Gasteiger partial charge is 0.497 e. The molecule has 164 valence electrons. The highest BCUT2D eigenvalue weighted by Gasteiger charge is 2.27. The van der Waals surface area contributed by atoms with Gasteiger partial charge in [0.1, 0.15) is 29.6 Å². The maximum Gasteiger partial charge on any atom is 0.331 e. The van der Waals surface area contributed by atoms with Gasteiger partial charge in [-0.1, -0.05) is 30.3 Å². The zero-order chi connectivity index (χ0) is 22.5. The van der Waals surface area contributed by atoms with Crippen LogP contribution in [0, 0.1) is 13.8 Å². The van der Waals surface area contributed by atoms with E-state index in [9.17, 15) is 4.79 Å². The number of esters is 1. The fraction of sp³-hybridized carbons (Fsp3) is 0.261. The second kappa shape index (κ2) is 9.42. The van der Waals surface area contributed by atoms with Gasteiger partial charge in [-0.05, 0) is 54.1 Å². The van der Waals surface area contributed by atoms with E-state index < -0.39 is 12.0 Å². The second-order valence-electron chi connectivity index (χ2n) is 7.24. The lowest BCUT2D eigenvalue weighted by Gasteiger charge is -2.17. The number of rotatable bonds is 8. The molecule has 0 aliphatic carbocycles. The highest BCUT2D eigenvalue weighted by Crippen LogP contribution is 2.24. The zero-order valence-electron chi connectivity index (χ0n) is 18.1. The van der Waals surface area contributed by atoms with E-state index >= 15 is 0 Å². The summed E-state index contributed by atoms with van der Waals surface area (Å²) in [5, 5.41) is 11.6. The molecule has 2 aromatic carbocycles. The van der Waals surface area contributed by atoms with E-state index in [1.54, 1.807) is 21.0 Å². The van der Waals surface area contributed by atoms with E-state index in [4.69, 9.17) is 13.9 Å². The number of tetrazole rings is 1. The van der Waals surface area contributed by atoms with Crippen LogP contribution in [-0.2, 0) is 22.6 Å². The van der Waals surface area contributed by atoms with Crippen molar-refractivity contribution >= 4 is 5.97 Å². The van der Waals surface area contributed by atoms with Gasteiger partial charge in [0.2, 0.25) is 5.89 Å². The summed E-state index contributed by atoms with van der Waals surface area (Å²) >= 11 is 0. The minimum Gasteiger partial charge on any atom is -0.497 e. The van der Waals surface area contributed by atoms with Crippen molar-refractivity contribution in [1.82, 2.24) is 25.2 Å². The van der Waals surface area contributed by atoms with Crippen molar-refractivity contribution in [2.45, 2.75) is 32.9 Å². The standard InChI is InChI=1S/C23H23N5O4/c1-15-20(24-22(32-15)18-9-5-4-6-10-18)14-31-23(29)21(28-16(2)25-26-27-28)13-17-8-7-11-19(12-17)30-3/h4-12,21H,13-14H2,1-3H3/t21-/m1/s1. The lowest BCUT2D eigenvalue weighted by molar-refractivity contribution is -0.149. The van der Waals surface area contributed by atoms with Gasteiger partial charge < -0.3 is 13.9 Å². The fourth-order valence-corrected chi connectivity index (χ4v) is 3.32. The summed E-state index contributed by atoms with van der Waals surface area (Å²) in [6, 6.07) is 16.3. The third-order valence-corrected chi connectivity index (χ3v) is 5.05. The SMILES string of the molecule is COc1cccc(C[C@H](C(=O)OCc2nc(-c3ccccc3)oc2C)n2nnnc2C)c1. The molecule has 0 fully saturated rings. The molecule has 0 saturated carbocycles. The van der Waals surface area contributed by atoms with E-state index in [1.165, 1.54) is 4.68 Å². The molecule has 1 atom stereocenters. The molecule has 0 aliphatic heterocycles. The Morgan fingerprint density at radius 3 is 2.66 bits per heavy atom. The van der Waals surface area contributed by atoms with Crippen molar-refractivity contribution in [3.8, 4) is 17.2 Å². The summed E-state index contributed by atoms with van der Waals surface area (Å²) < 4.78 is 18.1. The summed E-state index contributed by atoms with van der Waals surface area (Å²) in [5.41, 5.74) is 2.31. The third kappa shape index (κ3) is 4.66. The topological polar surface area (TPSA) is 105 Å². The maximum atomic E-state index is 13.1. The molecule has 4 aromatic rings. The van der Waals surface area contributed by atoms with E-state index in [0.717, 1.165) is 11.1 Å². The molecule has 0 unspecified atom stereocenters. The Hall–Kier alpha value is -4.01. The number of ether oxygens (including phenoxy) is 2. The van der Waals surface area contributed by atoms with Crippen molar-refractivity contribution in [3.05, 3.63) is 77.4 Å². The number of methoxy groups -OCH3 is 1.